The Morgan fingerprint density at radius 1 is 1.32 bits per heavy atom. The number of rotatable bonds is 6. The molecule has 1 atom stereocenters. The number of oxazole rings is 1. The molecule has 150 valence electrons. The van der Waals surface area contributed by atoms with Gasteiger partial charge in [0.2, 0.25) is 5.89 Å². The van der Waals surface area contributed by atoms with Crippen LogP contribution >= 0.6 is 11.6 Å². The number of carbonyl (C=O) groups is 2. The molecule has 2 heterocycles. The van der Waals surface area contributed by atoms with Crippen molar-refractivity contribution in [1.82, 2.24) is 15.2 Å². The normalized spacial score (nSPS) is 15.2. The zero-order valence-corrected chi connectivity index (χ0v) is 16.8. The fourth-order valence-electron chi connectivity index (χ4n) is 3.11. The number of benzene rings is 1. The first-order chi connectivity index (χ1) is 13.4. The number of hydrogen-bond acceptors (Lipinski definition) is 5. The summed E-state index contributed by atoms with van der Waals surface area (Å²) in [6.07, 6.45) is 4.52. The van der Waals surface area contributed by atoms with Crippen molar-refractivity contribution in [3.8, 4) is 5.75 Å². The van der Waals surface area contributed by atoms with E-state index in [-0.39, 0.29) is 30.0 Å². The summed E-state index contributed by atoms with van der Waals surface area (Å²) in [5.41, 5.74) is 1.12. The Morgan fingerprint density at radius 3 is 2.79 bits per heavy atom. The van der Waals surface area contributed by atoms with Gasteiger partial charge in [-0.15, -0.1) is 0 Å². The highest BCUT2D eigenvalue weighted by molar-refractivity contribution is 6.30. The van der Waals surface area contributed by atoms with Gasteiger partial charge in [-0.1, -0.05) is 11.6 Å². The molecule has 0 aliphatic carbocycles. The SMILES string of the molecule is Cc1cc(Cl)ccc1OCC(=O)N[C@H](C)c1nc(C(=O)N2CCCCC2)co1. The number of aromatic nitrogens is 1. The maximum atomic E-state index is 12.5. The van der Waals surface area contributed by atoms with Crippen LogP contribution in [0.2, 0.25) is 5.02 Å². The van der Waals surface area contributed by atoms with Gasteiger partial charge in [0, 0.05) is 18.1 Å². The highest BCUT2D eigenvalue weighted by atomic mass is 35.5. The lowest BCUT2D eigenvalue weighted by molar-refractivity contribution is -0.123. The van der Waals surface area contributed by atoms with Crippen LogP contribution in [0.1, 0.15) is 54.2 Å². The lowest BCUT2D eigenvalue weighted by Crippen LogP contribution is -2.36. The van der Waals surface area contributed by atoms with Crippen LogP contribution < -0.4 is 10.1 Å². The molecule has 1 aliphatic heterocycles. The minimum atomic E-state index is -0.481. The van der Waals surface area contributed by atoms with Crippen LogP contribution in [0.25, 0.3) is 0 Å². The van der Waals surface area contributed by atoms with E-state index < -0.39 is 6.04 Å². The van der Waals surface area contributed by atoms with Gasteiger partial charge >= 0.3 is 0 Å². The second kappa shape index (κ2) is 9.10. The number of ether oxygens (including phenoxy) is 1. The molecule has 1 N–H and O–H groups in total. The molecular formula is C20H24ClN3O4. The molecule has 0 unspecified atom stereocenters. The zero-order chi connectivity index (χ0) is 20.1. The highest BCUT2D eigenvalue weighted by Crippen LogP contribution is 2.22. The number of nitrogens with zero attached hydrogens (tertiary/aromatic N) is 2. The number of likely N-dealkylation sites (tertiary alicyclic amines) is 1. The standard InChI is InChI=1S/C20H24ClN3O4/c1-13-10-15(21)6-7-17(13)27-12-18(25)22-14(2)19-23-16(11-28-19)20(26)24-8-4-3-5-9-24/h6-7,10-11,14H,3-5,8-9,12H2,1-2H3,(H,22,25)/t14-/m1/s1. The largest absolute Gasteiger partial charge is 0.484 e. The van der Waals surface area contributed by atoms with Gasteiger partial charge in [0.05, 0.1) is 0 Å². The summed E-state index contributed by atoms with van der Waals surface area (Å²) in [5.74, 6) is 0.438. The van der Waals surface area contributed by atoms with E-state index in [0.717, 1.165) is 37.9 Å². The molecule has 1 fully saturated rings. The molecule has 1 aromatic heterocycles. The zero-order valence-electron chi connectivity index (χ0n) is 16.0. The summed E-state index contributed by atoms with van der Waals surface area (Å²) in [6.45, 7) is 4.94. The number of hydrogen-bond donors (Lipinski definition) is 1. The maximum absolute atomic E-state index is 12.5. The Bertz CT molecular complexity index is 846. The van der Waals surface area contributed by atoms with Gasteiger partial charge < -0.3 is 19.4 Å². The van der Waals surface area contributed by atoms with Gasteiger partial charge in [-0.25, -0.2) is 4.98 Å². The first-order valence-corrected chi connectivity index (χ1v) is 9.75. The van der Waals surface area contributed by atoms with Crippen molar-refractivity contribution in [2.24, 2.45) is 0 Å². The van der Waals surface area contributed by atoms with Gasteiger partial charge in [0.15, 0.2) is 12.3 Å². The van der Waals surface area contributed by atoms with E-state index in [9.17, 15) is 9.59 Å². The Kier molecular flexibility index (Phi) is 6.57. The summed E-state index contributed by atoms with van der Waals surface area (Å²) in [4.78, 5) is 30.7. The number of aryl methyl sites for hydroxylation is 1. The van der Waals surface area contributed by atoms with Gasteiger partial charge in [0.25, 0.3) is 11.8 Å². The van der Waals surface area contributed by atoms with Crippen molar-refractivity contribution in [3.63, 3.8) is 0 Å². The molecule has 3 rings (SSSR count). The van der Waals surface area contributed by atoms with Crippen LogP contribution in [0.4, 0.5) is 0 Å². The summed E-state index contributed by atoms with van der Waals surface area (Å²) in [5, 5.41) is 3.37. The monoisotopic (exact) mass is 405 g/mol. The van der Waals surface area contributed by atoms with Crippen LogP contribution in [-0.2, 0) is 4.79 Å². The van der Waals surface area contributed by atoms with E-state index in [4.69, 9.17) is 20.8 Å². The molecule has 0 spiro atoms. The van der Waals surface area contributed by atoms with Crippen molar-refractivity contribution in [3.05, 3.63) is 46.6 Å². The first-order valence-electron chi connectivity index (χ1n) is 9.37. The number of amides is 2. The third kappa shape index (κ3) is 5.04. The molecule has 2 amide bonds. The summed E-state index contributed by atoms with van der Waals surface area (Å²) >= 11 is 5.91. The molecular weight excluding hydrogens is 382 g/mol. The summed E-state index contributed by atoms with van der Waals surface area (Å²) < 4.78 is 10.9. The Labute approximate surface area is 169 Å². The topological polar surface area (TPSA) is 84.7 Å². The summed E-state index contributed by atoms with van der Waals surface area (Å²) in [6, 6.07) is 4.72. The molecule has 1 aromatic carbocycles. The summed E-state index contributed by atoms with van der Waals surface area (Å²) in [7, 11) is 0. The van der Waals surface area contributed by atoms with Crippen molar-refractivity contribution in [1.29, 1.82) is 0 Å². The second-order valence-electron chi connectivity index (χ2n) is 6.91. The minimum Gasteiger partial charge on any atom is -0.484 e. The molecule has 0 saturated carbocycles. The van der Waals surface area contributed by atoms with Gasteiger partial charge in [0.1, 0.15) is 18.1 Å². The van der Waals surface area contributed by atoms with Crippen LogP contribution in [0.15, 0.2) is 28.9 Å². The third-order valence-corrected chi connectivity index (χ3v) is 4.86. The van der Waals surface area contributed by atoms with E-state index >= 15 is 0 Å². The molecule has 2 aromatic rings. The quantitative estimate of drug-likeness (QED) is 0.794. The second-order valence-corrected chi connectivity index (χ2v) is 7.35. The van der Waals surface area contributed by atoms with E-state index in [1.807, 2.05) is 6.92 Å². The van der Waals surface area contributed by atoms with Crippen LogP contribution in [0.3, 0.4) is 0 Å². The van der Waals surface area contributed by atoms with Crippen molar-refractivity contribution in [2.45, 2.75) is 39.2 Å². The number of halogens is 1. The smallest absolute Gasteiger partial charge is 0.275 e. The number of carbonyl (C=O) groups excluding carboxylic acids is 2. The van der Waals surface area contributed by atoms with E-state index in [1.165, 1.54) is 6.26 Å². The van der Waals surface area contributed by atoms with Gasteiger partial charge in [-0.2, -0.15) is 0 Å². The average molecular weight is 406 g/mol. The fourth-order valence-corrected chi connectivity index (χ4v) is 3.33. The Balaban J connectivity index is 1.52. The highest BCUT2D eigenvalue weighted by Gasteiger charge is 2.23. The predicted octanol–water partition coefficient (Wildman–Crippen LogP) is 3.52. The molecule has 1 aliphatic rings. The Morgan fingerprint density at radius 2 is 2.07 bits per heavy atom. The van der Waals surface area contributed by atoms with Crippen LogP contribution in [-0.4, -0.2) is 41.4 Å². The maximum Gasteiger partial charge on any atom is 0.275 e. The lowest BCUT2D eigenvalue weighted by atomic mass is 10.1. The fraction of sp³-hybridized carbons (Fsp3) is 0.450. The minimum absolute atomic E-state index is 0.130. The van der Waals surface area contributed by atoms with Crippen LogP contribution in [0, 0.1) is 6.92 Å². The van der Waals surface area contributed by atoms with Gasteiger partial charge in [-0.3, -0.25) is 9.59 Å². The number of piperidine rings is 1. The first kappa shape index (κ1) is 20.2. The molecule has 1 saturated heterocycles. The Hall–Kier alpha value is -2.54. The van der Waals surface area contributed by atoms with Crippen molar-refractivity contribution >= 4 is 23.4 Å². The van der Waals surface area contributed by atoms with E-state index in [0.29, 0.717) is 10.8 Å². The van der Waals surface area contributed by atoms with Crippen molar-refractivity contribution in [2.75, 3.05) is 19.7 Å². The average Bonchev–Trinajstić information content (AvgIpc) is 3.18. The molecule has 7 nitrogen and oxygen atoms in total. The molecule has 28 heavy (non-hydrogen) atoms. The van der Waals surface area contributed by atoms with E-state index in [2.05, 4.69) is 10.3 Å². The predicted molar refractivity (Wildman–Crippen MR) is 104 cm³/mol. The van der Waals surface area contributed by atoms with E-state index in [1.54, 1.807) is 30.0 Å². The molecule has 0 radical (unpaired) electrons. The van der Waals surface area contributed by atoms with Gasteiger partial charge in [-0.05, 0) is 56.9 Å². The van der Waals surface area contributed by atoms with Crippen molar-refractivity contribution < 1.29 is 18.7 Å². The third-order valence-electron chi connectivity index (χ3n) is 4.63. The lowest BCUT2D eigenvalue weighted by Gasteiger charge is -2.25. The molecule has 0 bridgehead atoms. The molecule has 8 heteroatoms. The number of nitrogens with one attached hydrogen (secondary N) is 1. The van der Waals surface area contributed by atoms with Crippen LogP contribution in [0.5, 0.6) is 5.75 Å².